The summed E-state index contributed by atoms with van der Waals surface area (Å²) in [6.07, 6.45) is 0. The van der Waals surface area contributed by atoms with Gasteiger partial charge in [-0.2, -0.15) is 60.0 Å². The van der Waals surface area contributed by atoms with E-state index in [9.17, 15) is 0 Å². The van der Waals surface area contributed by atoms with Crippen molar-refractivity contribution in [1.82, 2.24) is 0 Å². The molecule has 0 heterocycles. The van der Waals surface area contributed by atoms with E-state index in [-0.39, 0.29) is 25.8 Å². The van der Waals surface area contributed by atoms with Gasteiger partial charge in [-0.15, -0.1) is 0 Å². The molecule has 16 heavy (non-hydrogen) atoms. The van der Waals surface area contributed by atoms with Crippen molar-refractivity contribution in [2.24, 2.45) is 0 Å². The molecule has 92 valence electrons. The van der Waals surface area contributed by atoms with Crippen molar-refractivity contribution in [3.05, 3.63) is 45.8 Å². The Balaban J connectivity index is -0.0000000637. The van der Waals surface area contributed by atoms with Gasteiger partial charge in [0, 0.05) is 0 Å². The van der Waals surface area contributed by atoms with E-state index in [4.69, 9.17) is 0 Å². The van der Waals surface area contributed by atoms with Gasteiger partial charge in [0.25, 0.3) is 0 Å². The van der Waals surface area contributed by atoms with Crippen LogP contribution in [0.2, 0.25) is 0 Å². The largest absolute Gasteiger partial charge is 4.00 e. The fraction of sp³-hybridized carbons (Fsp3) is 0.583. The topological polar surface area (TPSA) is 42.3 Å². The Morgan fingerprint density at radius 1 is 0.688 bits per heavy atom. The zero-order chi connectivity index (χ0) is 12.5. The molecule has 0 radical (unpaired) electrons. The number of nitrogens with zero attached hydrogens (tertiary/aromatic N) is 3. The maximum absolute atomic E-state index is 3.50. The molecule has 0 aliphatic heterocycles. The molecular formula is C12H25HfN3. The molecule has 0 saturated carbocycles. The van der Waals surface area contributed by atoms with Crippen LogP contribution in [0.4, 0.5) is 0 Å². The van der Waals surface area contributed by atoms with Crippen LogP contribution in [-0.4, -0.2) is 42.3 Å². The molecule has 0 aliphatic carbocycles. The van der Waals surface area contributed by atoms with E-state index in [0.717, 1.165) is 0 Å². The Hall–Kier alpha value is 0.100. The van der Waals surface area contributed by atoms with Crippen molar-refractivity contribution < 1.29 is 25.8 Å². The summed E-state index contributed by atoms with van der Waals surface area (Å²) in [6, 6.07) is 8.24. The van der Waals surface area contributed by atoms with Gasteiger partial charge in [0.2, 0.25) is 0 Å². The third kappa shape index (κ3) is 48.0. The van der Waals surface area contributed by atoms with Gasteiger partial charge >= 0.3 is 25.8 Å². The van der Waals surface area contributed by atoms with Crippen LogP contribution in [-0.2, 0) is 25.8 Å². The first-order valence-electron chi connectivity index (χ1n) is 4.76. The van der Waals surface area contributed by atoms with E-state index in [0.29, 0.717) is 0 Å². The van der Waals surface area contributed by atoms with E-state index >= 15 is 0 Å². The van der Waals surface area contributed by atoms with Crippen molar-refractivity contribution in [2.75, 3.05) is 42.3 Å². The van der Waals surface area contributed by atoms with Crippen molar-refractivity contribution in [3.63, 3.8) is 0 Å². The molecule has 3 nitrogen and oxygen atoms in total. The average Bonchev–Trinajstić information content (AvgIpc) is 2.60. The molecule has 0 saturated heterocycles. The standard InChI is InChI=1S/C6H7.3C2H6N.Hf/c1-6-4-2-3-5-6;3*1-3-2;/h2-5H,1H3;3*1-2H3;/q4*-1;+4. The first kappa shape index (κ1) is 25.1. The molecule has 1 rings (SSSR count). The van der Waals surface area contributed by atoms with Crippen LogP contribution >= 0.6 is 0 Å². The average molecular weight is 390 g/mol. The molecule has 1 aromatic rings. The van der Waals surface area contributed by atoms with Crippen LogP contribution in [0.3, 0.4) is 0 Å². The third-order valence-electron chi connectivity index (χ3n) is 0.829. The van der Waals surface area contributed by atoms with Gasteiger partial charge in [0.1, 0.15) is 0 Å². The summed E-state index contributed by atoms with van der Waals surface area (Å²) in [5.41, 5.74) is 1.34. The number of aryl methyl sites for hydroxylation is 1. The van der Waals surface area contributed by atoms with Crippen LogP contribution in [0, 0.1) is 6.92 Å². The molecule has 0 unspecified atom stereocenters. The van der Waals surface area contributed by atoms with E-state index in [1.807, 2.05) is 12.1 Å². The number of hydrogen-bond acceptors (Lipinski definition) is 0. The zero-order valence-electron chi connectivity index (χ0n) is 11.7. The Morgan fingerprint density at radius 2 is 0.875 bits per heavy atom. The second-order valence-electron chi connectivity index (χ2n) is 2.80. The number of hydrogen-bond donors (Lipinski definition) is 0. The van der Waals surface area contributed by atoms with E-state index in [1.165, 1.54) is 5.56 Å². The van der Waals surface area contributed by atoms with Crippen LogP contribution in [0.1, 0.15) is 5.56 Å². The van der Waals surface area contributed by atoms with E-state index in [2.05, 4.69) is 35.0 Å². The quantitative estimate of drug-likeness (QED) is 0.481. The molecular weight excluding hydrogens is 365 g/mol. The van der Waals surface area contributed by atoms with Crippen LogP contribution in [0.15, 0.2) is 24.3 Å². The molecule has 1 aromatic carbocycles. The summed E-state index contributed by atoms with van der Waals surface area (Å²) in [7, 11) is 10.5. The van der Waals surface area contributed by atoms with Crippen LogP contribution in [0.5, 0.6) is 0 Å². The summed E-state index contributed by atoms with van der Waals surface area (Å²) >= 11 is 0. The molecule has 0 bridgehead atoms. The minimum absolute atomic E-state index is 0. The zero-order valence-corrected chi connectivity index (χ0v) is 15.2. The smallest absolute Gasteiger partial charge is 0.668 e. The minimum atomic E-state index is 0. The maximum Gasteiger partial charge on any atom is 4.00 e. The van der Waals surface area contributed by atoms with Gasteiger partial charge in [-0.3, -0.25) is 0 Å². The molecule has 0 fully saturated rings. The first-order valence-corrected chi connectivity index (χ1v) is 4.76. The summed E-state index contributed by atoms with van der Waals surface area (Å²) in [5.74, 6) is 0. The molecule has 4 heteroatoms. The molecule has 0 amide bonds. The normalized spacial score (nSPS) is 6.69. The summed E-state index contributed by atoms with van der Waals surface area (Å²) < 4.78 is 0. The van der Waals surface area contributed by atoms with Crippen molar-refractivity contribution in [3.8, 4) is 0 Å². The fourth-order valence-corrected chi connectivity index (χ4v) is 0.470. The van der Waals surface area contributed by atoms with Crippen LogP contribution < -0.4 is 0 Å². The van der Waals surface area contributed by atoms with Crippen molar-refractivity contribution in [2.45, 2.75) is 6.92 Å². The van der Waals surface area contributed by atoms with Crippen molar-refractivity contribution >= 4 is 0 Å². The van der Waals surface area contributed by atoms with Crippen molar-refractivity contribution in [1.29, 1.82) is 0 Å². The fourth-order valence-electron chi connectivity index (χ4n) is 0.470. The predicted octanol–water partition coefficient (Wildman–Crippen LogP) is 3.57. The maximum atomic E-state index is 3.50. The third-order valence-corrected chi connectivity index (χ3v) is 0.829. The molecule has 0 N–H and O–H groups in total. The van der Waals surface area contributed by atoms with Gasteiger partial charge in [-0.1, -0.05) is 6.92 Å². The van der Waals surface area contributed by atoms with E-state index in [1.54, 1.807) is 42.3 Å². The Labute approximate surface area is 121 Å². The number of rotatable bonds is 0. The van der Waals surface area contributed by atoms with E-state index < -0.39 is 0 Å². The Kier molecular flexibility index (Phi) is 46.1. The molecule has 0 spiro atoms. The SMILES string of the molecule is C[N-]C.C[N-]C.C[N-]C.C[c-]1cccc1.[Hf+4]. The van der Waals surface area contributed by atoms with Crippen LogP contribution in [0.25, 0.3) is 16.0 Å². The minimum Gasteiger partial charge on any atom is -0.668 e. The predicted molar refractivity (Wildman–Crippen MR) is 72.4 cm³/mol. The monoisotopic (exact) mass is 391 g/mol. The Bertz CT molecular complexity index is 149. The molecule has 0 aliphatic rings. The second-order valence-corrected chi connectivity index (χ2v) is 2.80. The van der Waals surface area contributed by atoms with Gasteiger partial charge in [0.05, 0.1) is 0 Å². The molecule has 0 atom stereocenters. The van der Waals surface area contributed by atoms with Gasteiger partial charge in [-0.25, -0.2) is 12.1 Å². The Morgan fingerprint density at radius 3 is 0.938 bits per heavy atom. The molecule has 0 aromatic heterocycles. The summed E-state index contributed by atoms with van der Waals surface area (Å²) in [5, 5.41) is 10.5. The van der Waals surface area contributed by atoms with Gasteiger partial charge < -0.3 is 16.0 Å². The second kappa shape index (κ2) is 29.4. The van der Waals surface area contributed by atoms with Gasteiger partial charge in [-0.05, 0) is 0 Å². The first-order chi connectivity index (χ1) is 7.14. The summed E-state index contributed by atoms with van der Waals surface area (Å²) in [6.45, 7) is 2.08. The van der Waals surface area contributed by atoms with Gasteiger partial charge in [0.15, 0.2) is 0 Å². The summed E-state index contributed by atoms with van der Waals surface area (Å²) in [4.78, 5) is 0.